The van der Waals surface area contributed by atoms with Crippen molar-refractivity contribution < 1.29 is 14.7 Å². The maximum Gasteiger partial charge on any atom is 0.240 e. The normalized spacial score (nSPS) is 27.5. The summed E-state index contributed by atoms with van der Waals surface area (Å²) in [6, 6.07) is 20.5. The minimum Gasteiger partial charge on any atom is -0.508 e. The first kappa shape index (κ1) is 22.1. The highest BCUT2D eigenvalue weighted by Crippen LogP contribution is 2.60. The molecule has 4 saturated carbocycles. The van der Waals surface area contributed by atoms with Gasteiger partial charge < -0.3 is 15.7 Å². The molecule has 1 unspecified atom stereocenters. The predicted octanol–water partition coefficient (Wildman–Crippen LogP) is 5.08. The van der Waals surface area contributed by atoms with Gasteiger partial charge >= 0.3 is 0 Å². The van der Waals surface area contributed by atoms with Crippen molar-refractivity contribution in [2.75, 3.05) is 6.54 Å². The highest BCUT2D eigenvalue weighted by Gasteiger charge is 2.54. The third kappa shape index (κ3) is 4.07. The van der Waals surface area contributed by atoms with Crippen LogP contribution < -0.4 is 10.6 Å². The fourth-order valence-corrected chi connectivity index (χ4v) is 7.50. The van der Waals surface area contributed by atoms with E-state index in [0.717, 1.165) is 35.6 Å². The molecule has 0 radical (unpaired) electrons. The lowest BCUT2D eigenvalue weighted by atomic mass is 9.49. The molecule has 5 heteroatoms. The van der Waals surface area contributed by atoms with Crippen molar-refractivity contribution in [1.29, 1.82) is 0 Å². The van der Waals surface area contributed by atoms with Gasteiger partial charge in [0.2, 0.25) is 11.8 Å². The minimum atomic E-state index is -0.536. The van der Waals surface area contributed by atoms with E-state index in [1.165, 1.54) is 19.3 Å². The van der Waals surface area contributed by atoms with Gasteiger partial charge in [-0.25, -0.2) is 0 Å². The summed E-state index contributed by atoms with van der Waals surface area (Å²) in [5.41, 5.74) is 1.26. The van der Waals surface area contributed by atoms with E-state index in [1.807, 2.05) is 60.7 Å². The second kappa shape index (κ2) is 8.71. The molecule has 4 bridgehead atoms. The molecule has 0 spiro atoms. The molecular weight excluding hydrogens is 436 g/mol. The van der Waals surface area contributed by atoms with E-state index >= 15 is 0 Å². The van der Waals surface area contributed by atoms with Gasteiger partial charge in [-0.15, -0.1) is 0 Å². The van der Waals surface area contributed by atoms with Gasteiger partial charge in [-0.3, -0.25) is 9.59 Å². The Bertz CT molecular complexity index is 1230. The van der Waals surface area contributed by atoms with Crippen LogP contribution in [-0.2, 0) is 9.59 Å². The third-order valence-electron chi connectivity index (χ3n) is 8.60. The van der Waals surface area contributed by atoms with Gasteiger partial charge in [-0.2, -0.15) is 0 Å². The number of benzene rings is 3. The fourth-order valence-electron chi connectivity index (χ4n) is 7.50. The van der Waals surface area contributed by atoms with Gasteiger partial charge in [0.25, 0.3) is 0 Å². The van der Waals surface area contributed by atoms with Gasteiger partial charge in [0.1, 0.15) is 5.75 Å². The Morgan fingerprint density at radius 3 is 2.17 bits per heavy atom. The average Bonchev–Trinajstić information content (AvgIpc) is 2.86. The Morgan fingerprint density at radius 2 is 1.49 bits per heavy atom. The monoisotopic (exact) mass is 468 g/mol. The second-order valence-corrected chi connectivity index (χ2v) is 11.0. The molecule has 2 amide bonds. The van der Waals surface area contributed by atoms with Crippen LogP contribution in [0.15, 0.2) is 66.7 Å². The van der Waals surface area contributed by atoms with Crippen LogP contribution in [0.3, 0.4) is 0 Å². The number of carbonyl (C=O) groups is 2. The molecule has 7 rings (SSSR count). The molecule has 0 aromatic heterocycles. The van der Waals surface area contributed by atoms with E-state index in [4.69, 9.17) is 0 Å². The summed E-state index contributed by atoms with van der Waals surface area (Å²) in [6.07, 6.45) is 6.76. The molecule has 4 fully saturated rings. The lowest BCUT2D eigenvalue weighted by Crippen LogP contribution is -2.54. The Labute approximate surface area is 205 Å². The Morgan fingerprint density at radius 1 is 0.857 bits per heavy atom. The first-order valence-corrected chi connectivity index (χ1v) is 12.8. The van der Waals surface area contributed by atoms with Crippen LogP contribution in [0.5, 0.6) is 5.75 Å². The van der Waals surface area contributed by atoms with Gasteiger partial charge in [-0.05, 0) is 78.7 Å². The largest absolute Gasteiger partial charge is 0.508 e. The van der Waals surface area contributed by atoms with Gasteiger partial charge in [-0.1, -0.05) is 60.7 Å². The van der Waals surface area contributed by atoms with Crippen molar-refractivity contribution >= 4 is 22.6 Å². The zero-order valence-corrected chi connectivity index (χ0v) is 19.9. The number of nitrogens with one attached hydrogen (secondary N) is 2. The number of carbonyl (C=O) groups excluding carboxylic acids is 2. The van der Waals surface area contributed by atoms with E-state index in [1.54, 1.807) is 6.07 Å². The molecule has 0 saturated heterocycles. The lowest BCUT2D eigenvalue weighted by molar-refractivity contribution is -0.147. The lowest BCUT2D eigenvalue weighted by Gasteiger charge is -2.55. The molecule has 180 valence electrons. The molecule has 35 heavy (non-hydrogen) atoms. The molecule has 3 N–H and O–H groups in total. The highest BCUT2D eigenvalue weighted by molar-refractivity contribution is 5.91. The van der Waals surface area contributed by atoms with Crippen LogP contribution in [0.25, 0.3) is 10.8 Å². The maximum absolute atomic E-state index is 13.3. The van der Waals surface area contributed by atoms with E-state index in [0.29, 0.717) is 23.3 Å². The molecule has 4 aliphatic rings. The molecule has 1 atom stereocenters. The van der Waals surface area contributed by atoms with Crippen molar-refractivity contribution in [1.82, 2.24) is 10.6 Å². The fraction of sp³-hybridized carbons (Fsp3) is 0.400. The third-order valence-corrected chi connectivity index (χ3v) is 8.60. The van der Waals surface area contributed by atoms with Crippen molar-refractivity contribution in [2.24, 2.45) is 23.2 Å². The van der Waals surface area contributed by atoms with E-state index < -0.39 is 6.04 Å². The quantitative estimate of drug-likeness (QED) is 0.472. The number of hydrogen-bond acceptors (Lipinski definition) is 3. The number of phenols is 1. The van der Waals surface area contributed by atoms with Crippen molar-refractivity contribution in [3.8, 4) is 5.75 Å². The number of aromatic hydroxyl groups is 1. The average molecular weight is 469 g/mol. The van der Waals surface area contributed by atoms with Crippen molar-refractivity contribution in [3.63, 3.8) is 0 Å². The molecule has 3 aromatic carbocycles. The summed E-state index contributed by atoms with van der Waals surface area (Å²) in [4.78, 5) is 26.5. The predicted molar refractivity (Wildman–Crippen MR) is 136 cm³/mol. The summed E-state index contributed by atoms with van der Waals surface area (Å²) in [5.74, 6) is 1.96. The number of rotatable bonds is 6. The van der Waals surface area contributed by atoms with Crippen molar-refractivity contribution in [2.45, 2.75) is 44.6 Å². The van der Waals surface area contributed by atoms with Crippen LogP contribution in [0.4, 0.5) is 0 Å². The number of phenolic OH excluding ortho intramolecular Hbond substituents is 1. The Hall–Kier alpha value is -3.34. The first-order valence-electron chi connectivity index (χ1n) is 12.8. The summed E-state index contributed by atoms with van der Waals surface area (Å²) in [7, 11) is 0. The first-order chi connectivity index (χ1) is 17.0. The SMILES string of the molecule is O=C(CNC(=O)C12CC3CC(CC(C3)C1)C2)NC(c1ccccc1)c1c(O)ccc2ccccc12. The summed E-state index contributed by atoms with van der Waals surface area (Å²) in [6.45, 7) is -0.0601. The summed E-state index contributed by atoms with van der Waals surface area (Å²) >= 11 is 0. The minimum absolute atomic E-state index is 0.0519. The molecule has 0 aliphatic heterocycles. The standard InChI is InChI=1S/C30H32N2O3/c33-25-11-10-22-6-4-5-9-24(22)27(25)28(23-7-2-1-3-8-23)32-26(34)18-31-29(35)30-15-19-12-20(16-30)14-21(13-19)17-30/h1-11,19-21,28,33H,12-18H2,(H,31,35)(H,32,34). The summed E-state index contributed by atoms with van der Waals surface area (Å²) in [5, 5.41) is 18.8. The topological polar surface area (TPSA) is 78.4 Å². The van der Waals surface area contributed by atoms with Gasteiger partial charge in [0, 0.05) is 11.0 Å². The van der Waals surface area contributed by atoms with Crippen LogP contribution >= 0.6 is 0 Å². The van der Waals surface area contributed by atoms with Crippen LogP contribution in [0, 0.1) is 23.2 Å². The zero-order chi connectivity index (χ0) is 24.0. The smallest absolute Gasteiger partial charge is 0.240 e. The number of amides is 2. The second-order valence-electron chi connectivity index (χ2n) is 11.0. The van der Waals surface area contributed by atoms with Crippen LogP contribution in [0.1, 0.15) is 55.7 Å². The van der Waals surface area contributed by atoms with E-state index in [2.05, 4.69) is 10.6 Å². The molecule has 5 nitrogen and oxygen atoms in total. The van der Waals surface area contributed by atoms with E-state index in [9.17, 15) is 14.7 Å². The Balaban J connectivity index is 1.22. The maximum atomic E-state index is 13.3. The molecular formula is C30H32N2O3. The summed E-state index contributed by atoms with van der Waals surface area (Å²) < 4.78 is 0. The number of fused-ring (bicyclic) bond motifs is 1. The number of hydrogen-bond donors (Lipinski definition) is 3. The Kier molecular flexibility index (Phi) is 5.51. The zero-order valence-electron chi connectivity index (χ0n) is 19.9. The molecule has 3 aromatic rings. The van der Waals surface area contributed by atoms with Gasteiger partial charge in [0.15, 0.2) is 0 Å². The highest BCUT2D eigenvalue weighted by atomic mass is 16.3. The van der Waals surface area contributed by atoms with Crippen molar-refractivity contribution in [3.05, 3.63) is 77.9 Å². The van der Waals surface area contributed by atoms with Gasteiger partial charge in [0.05, 0.1) is 12.6 Å². The molecule has 4 aliphatic carbocycles. The van der Waals surface area contributed by atoms with E-state index in [-0.39, 0.29) is 29.5 Å². The van der Waals surface area contributed by atoms with Crippen LogP contribution in [-0.4, -0.2) is 23.5 Å². The van der Waals surface area contributed by atoms with Crippen LogP contribution in [0.2, 0.25) is 0 Å². The molecule has 0 heterocycles.